The number of aryl methyl sites for hydroxylation is 1. The van der Waals surface area contributed by atoms with E-state index in [4.69, 9.17) is 4.74 Å². The van der Waals surface area contributed by atoms with E-state index < -0.39 is 0 Å². The maximum atomic E-state index is 12.3. The summed E-state index contributed by atoms with van der Waals surface area (Å²) in [5.74, 6) is -0.243. The average molecular weight is 478 g/mol. The lowest BCUT2D eigenvalue weighted by atomic mass is 10.1. The van der Waals surface area contributed by atoms with Gasteiger partial charge < -0.3 is 15.4 Å². The molecule has 1 unspecified atom stereocenters. The van der Waals surface area contributed by atoms with Crippen LogP contribution >= 0.6 is 22.6 Å². The third kappa shape index (κ3) is 5.52. The fraction of sp³-hybridized carbons (Fsp3) is 0.333. The van der Waals surface area contributed by atoms with E-state index >= 15 is 0 Å². The van der Waals surface area contributed by atoms with Gasteiger partial charge in [-0.1, -0.05) is 18.2 Å². The summed E-state index contributed by atoms with van der Waals surface area (Å²) in [4.78, 5) is 24.7. The SMILES string of the molecule is Cc1ccc(C(=O)NCc2cccc(C(=O)NCC3CCCO3)c2)cc1I. The van der Waals surface area contributed by atoms with Gasteiger partial charge in [0, 0.05) is 34.4 Å². The Hall–Kier alpha value is -1.93. The summed E-state index contributed by atoms with van der Waals surface area (Å²) in [6.07, 6.45) is 2.16. The summed E-state index contributed by atoms with van der Waals surface area (Å²) >= 11 is 2.22. The number of hydrogen-bond acceptors (Lipinski definition) is 3. The van der Waals surface area contributed by atoms with Gasteiger partial charge in [-0.15, -0.1) is 0 Å². The molecule has 1 fully saturated rings. The summed E-state index contributed by atoms with van der Waals surface area (Å²) in [5, 5.41) is 5.83. The maximum absolute atomic E-state index is 12.3. The third-order valence-electron chi connectivity index (χ3n) is 4.59. The molecule has 3 rings (SSSR count). The number of halogens is 1. The molecule has 1 saturated heterocycles. The molecule has 142 valence electrons. The van der Waals surface area contributed by atoms with Crippen molar-refractivity contribution in [2.45, 2.75) is 32.4 Å². The summed E-state index contributed by atoms with van der Waals surface area (Å²) in [7, 11) is 0. The molecule has 0 aromatic heterocycles. The molecule has 27 heavy (non-hydrogen) atoms. The second-order valence-electron chi connectivity index (χ2n) is 6.69. The summed E-state index contributed by atoms with van der Waals surface area (Å²) in [6, 6.07) is 13.0. The van der Waals surface area contributed by atoms with Gasteiger partial charge in [0.1, 0.15) is 0 Å². The standard InChI is InChI=1S/C21H23IN2O3/c1-14-7-8-17(11-19(14)22)21(26)23-12-15-4-2-5-16(10-15)20(25)24-13-18-6-3-9-27-18/h2,4-5,7-8,10-11,18H,3,6,9,12-13H2,1H3,(H,23,26)(H,24,25). The maximum Gasteiger partial charge on any atom is 0.251 e. The van der Waals surface area contributed by atoms with Crippen LogP contribution in [-0.4, -0.2) is 31.1 Å². The molecule has 6 heteroatoms. The van der Waals surface area contributed by atoms with Crippen LogP contribution in [0.25, 0.3) is 0 Å². The van der Waals surface area contributed by atoms with E-state index in [9.17, 15) is 9.59 Å². The number of rotatable bonds is 6. The number of benzene rings is 2. The van der Waals surface area contributed by atoms with Gasteiger partial charge in [0.2, 0.25) is 0 Å². The zero-order chi connectivity index (χ0) is 19.2. The molecule has 1 aliphatic rings. The van der Waals surface area contributed by atoms with Crippen LogP contribution in [0.5, 0.6) is 0 Å². The molecule has 5 nitrogen and oxygen atoms in total. The monoisotopic (exact) mass is 478 g/mol. The Morgan fingerprint density at radius 1 is 1.11 bits per heavy atom. The van der Waals surface area contributed by atoms with Crippen molar-refractivity contribution in [2.24, 2.45) is 0 Å². The highest BCUT2D eigenvalue weighted by Gasteiger charge is 2.16. The minimum Gasteiger partial charge on any atom is -0.376 e. The number of nitrogens with one attached hydrogen (secondary N) is 2. The van der Waals surface area contributed by atoms with Crippen LogP contribution in [0.2, 0.25) is 0 Å². The number of amides is 2. The molecular weight excluding hydrogens is 455 g/mol. The van der Waals surface area contributed by atoms with Crippen molar-refractivity contribution in [3.8, 4) is 0 Å². The van der Waals surface area contributed by atoms with Crippen molar-refractivity contribution >= 4 is 34.4 Å². The van der Waals surface area contributed by atoms with E-state index in [0.29, 0.717) is 24.2 Å². The third-order valence-corrected chi connectivity index (χ3v) is 5.75. The van der Waals surface area contributed by atoms with Crippen LogP contribution in [0.15, 0.2) is 42.5 Å². The molecule has 1 aliphatic heterocycles. The molecule has 0 radical (unpaired) electrons. The Morgan fingerprint density at radius 2 is 1.89 bits per heavy atom. The molecule has 1 heterocycles. The largest absolute Gasteiger partial charge is 0.376 e. The Balaban J connectivity index is 1.55. The Bertz CT molecular complexity index is 832. The van der Waals surface area contributed by atoms with Gasteiger partial charge in [-0.25, -0.2) is 0 Å². The molecule has 0 saturated carbocycles. The molecule has 0 spiro atoms. The van der Waals surface area contributed by atoms with Crippen LogP contribution in [0.4, 0.5) is 0 Å². The summed E-state index contributed by atoms with van der Waals surface area (Å²) in [6.45, 7) is 3.69. The van der Waals surface area contributed by atoms with Crippen LogP contribution in [0, 0.1) is 10.5 Å². The summed E-state index contributed by atoms with van der Waals surface area (Å²) < 4.78 is 6.58. The smallest absolute Gasteiger partial charge is 0.251 e. The van der Waals surface area contributed by atoms with Gasteiger partial charge in [-0.2, -0.15) is 0 Å². The van der Waals surface area contributed by atoms with Gasteiger partial charge in [0.15, 0.2) is 0 Å². The van der Waals surface area contributed by atoms with E-state index in [1.165, 1.54) is 0 Å². The van der Waals surface area contributed by atoms with E-state index in [1.54, 1.807) is 6.07 Å². The number of carbonyl (C=O) groups excluding carboxylic acids is 2. The van der Waals surface area contributed by atoms with Crippen LogP contribution in [-0.2, 0) is 11.3 Å². The van der Waals surface area contributed by atoms with Crippen molar-refractivity contribution < 1.29 is 14.3 Å². The van der Waals surface area contributed by atoms with E-state index in [0.717, 1.165) is 34.1 Å². The molecule has 0 aliphatic carbocycles. The van der Waals surface area contributed by atoms with Crippen molar-refractivity contribution in [2.75, 3.05) is 13.2 Å². The molecule has 0 bridgehead atoms. The topological polar surface area (TPSA) is 67.4 Å². The highest BCUT2D eigenvalue weighted by molar-refractivity contribution is 14.1. The molecule has 2 N–H and O–H groups in total. The quantitative estimate of drug-likeness (QED) is 0.626. The first-order valence-corrected chi connectivity index (χ1v) is 10.1. The van der Waals surface area contributed by atoms with E-state index in [-0.39, 0.29) is 17.9 Å². The number of ether oxygens (including phenoxy) is 1. The fourth-order valence-electron chi connectivity index (χ4n) is 2.95. The predicted octanol–water partition coefficient (Wildman–Crippen LogP) is 3.44. The zero-order valence-corrected chi connectivity index (χ0v) is 17.4. The highest BCUT2D eigenvalue weighted by atomic mass is 127. The van der Waals surface area contributed by atoms with Gasteiger partial charge in [0.05, 0.1) is 6.10 Å². The minimum absolute atomic E-state index is 0.119. The van der Waals surface area contributed by atoms with Gasteiger partial charge in [-0.05, 0) is 77.7 Å². The van der Waals surface area contributed by atoms with E-state index in [2.05, 4.69) is 33.2 Å². The highest BCUT2D eigenvalue weighted by Crippen LogP contribution is 2.14. The van der Waals surface area contributed by atoms with Crippen molar-refractivity contribution in [1.29, 1.82) is 0 Å². The van der Waals surface area contributed by atoms with Crippen LogP contribution < -0.4 is 10.6 Å². The van der Waals surface area contributed by atoms with Crippen molar-refractivity contribution in [1.82, 2.24) is 10.6 Å². The molecule has 2 aromatic rings. The van der Waals surface area contributed by atoms with Crippen molar-refractivity contribution in [3.05, 3.63) is 68.3 Å². The van der Waals surface area contributed by atoms with E-state index in [1.807, 2.05) is 43.3 Å². The van der Waals surface area contributed by atoms with Crippen LogP contribution in [0.3, 0.4) is 0 Å². The van der Waals surface area contributed by atoms with Gasteiger partial charge in [0.25, 0.3) is 11.8 Å². The Morgan fingerprint density at radius 3 is 2.63 bits per heavy atom. The lowest BCUT2D eigenvalue weighted by Gasteiger charge is -2.12. The normalized spacial score (nSPS) is 16.1. The van der Waals surface area contributed by atoms with Gasteiger partial charge in [-0.3, -0.25) is 9.59 Å². The first-order valence-electron chi connectivity index (χ1n) is 9.06. The first kappa shape index (κ1) is 19.8. The molecule has 2 amide bonds. The lowest BCUT2D eigenvalue weighted by molar-refractivity contribution is 0.0857. The number of carbonyl (C=O) groups is 2. The number of hydrogen-bond donors (Lipinski definition) is 2. The molecule has 2 aromatic carbocycles. The van der Waals surface area contributed by atoms with Crippen LogP contribution in [0.1, 0.15) is 44.7 Å². The molecular formula is C21H23IN2O3. The van der Waals surface area contributed by atoms with Crippen molar-refractivity contribution in [3.63, 3.8) is 0 Å². The zero-order valence-electron chi connectivity index (χ0n) is 15.3. The Kier molecular flexibility index (Phi) is 6.84. The predicted molar refractivity (Wildman–Crippen MR) is 113 cm³/mol. The minimum atomic E-state index is -0.124. The average Bonchev–Trinajstić information content (AvgIpc) is 3.20. The summed E-state index contributed by atoms with van der Waals surface area (Å²) in [5.41, 5.74) is 3.25. The first-order chi connectivity index (χ1) is 13.0. The second kappa shape index (κ2) is 9.32. The fourth-order valence-corrected chi connectivity index (χ4v) is 3.47. The second-order valence-corrected chi connectivity index (χ2v) is 7.85. The molecule has 1 atom stereocenters. The lowest BCUT2D eigenvalue weighted by Crippen LogP contribution is -2.31. The van der Waals surface area contributed by atoms with Gasteiger partial charge >= 0.3 is 0 Å². The Labute approximate surface area is 173 Å².